The number of likely N-dealkylation sites (N-methyl/N-ethyl adjacent to an activating group) is 1. The van der Waals surface area contributed by atoms with Crippen molar-refractivity contribution in [2.24, 2.45) is 0 Å². The Morgan fingerprint density at radius 1 is 1.53 bits per heavy atom. The molecule has 0 radical (unpaired) electrons. The fourth-order valence-corrected chi connectivity index (χ4v) is 1.15. The highest BCUT2D eigenvalue weighted by Gasteiger charge is 2.11. The lowest BCUT2D eigenvalue weighted by Gasteiger charge is -2.10. The van der Waals surface area contributed by atoms with Crippen LogP contribution in [0.5, 0.6) is 0 Å². The van der Waals surface area contributed by atoms with Crippen molar-refractivity contribution in [2.45, 2.75) is 19.6 Å². The van der Waals surface area contributed by atoms with Crippen molar-refractivity contribution in [1.29, 1.82) is 0 Å². The SMILES string of the molecule is CNC(C)CNC(=O)c1ccc(COC)o1.Cl. The van der Waals surface area contributed by atoms with E-state index in [0.717, 1.165) is 0 Å². The van der Waals surface area contributed by atoms with Crippen molar-refractivity contribution in [2.75, 3.05) is 20.7 Å². The molecule has 1 atom stereocenters. The lowest BCUT2D eigenvalue weighted by Crippen LogP contribution is -2.37. The summed E-state index contributed by atoms with van der Waals surface area (Å²) in [5, 5.41) is 5.80. The molecule has 17 heavy (non-hydrogen) atoms. The lowest BCUT2D eigenvalue weighted by atomic mass is 10.3. The van der Waals surface area contributed by atoms with Gasteiger partial charge in [0, 0.05) is 19.7 Å². The van der Waals surface area contributed by atoms with Gasteiger partial charge in [-0.15, -0.1) is 12.4 Å². The summed E-state index contributed by atoms with van der Waals surface area (Å²) in [4.78, 5) is 11.6. The Bertz CT molecular complexity index is 341. The summed E-state index contributed by atoms with van der Waals surface area (Å²) in [6.45, 7) is 2.93. The van der Waals surface area contributed by atoms with Crippen LogP contribution in [0.4, 0.5) is 0 Å². The quantitative estimate of drug-likeness (QED) is 0.808. The summed E-state index contributed by atoms with van der Waals surface area (Å²) >= 11 is 0. The second kappa shape index (κ2) is 8.11. The number of carbonyl (C=O) groups excluding carboxylic acids is 1. The molecule has 2 N–H and O–H groups in total. The highest BCUT2D eigenvalue weighted by molar-refractivity contribution is 5.91. The molecule has 0 saturated heterocycles. The van der Waals surface area contributed by atoms with Gasteiger partial charge in [-0.3, -0.25) is 4.79 Å². The minimum Gasteiger partial charge on any atom is -0.453 e. The highest BCUT2D eigenvalue weighted by atomic mass is 35.5. The summed E-state index contributed by atoms with van der Waals surface area (Å²) in [6, 6.07) is 3.62. The standard InChI is InChI=1S/C11H18N2O3.ClH/c1-8(12-2)6-13-11(14)10-5-4-9(16-10)7-15-3;/h4-5,8,12H,6-7H2,1-3H3,(H,13,14);1H. The molecule has 6 heteroatoms. The van der Waals surface area contributed by atoms with E-state index in [2.05, 4.69) is 10.6 Å². The fourth-order valence-electron chi connectivity index (χ4n) is 1.15. The van der Waals surface area contributed by atoms with Gasteiger partial charge in [0.2, 0.25) is 0 Å². The molecule has 98 valence electrons. The van der Waals surface area contributed by atoms with Gasteiger partial charge >= 0.3 is 0 Å². The Morgan fingerprint density at radius 2 is 2.24 bits per heavy atom. The van der Waals surface area contributed by atoms with Gasteiger partial charge in [-0.05, 0) is 26.1 Å². The van der Waals surface area contributed by atoms with E-state index in [-0.39, 0.29) is 24.4 Å². The molecule has 0 fully saturated rings. The second-order valence-corrected chi connectivity index (χ2v) is 3.60. The van der Waals surface area contributed by atoms with Gasteiger partial charge < -0.3 is 19.8 Å². The van der Waals surface area contributed by atoms with E-state index in [0.29, 0.717) is 24.7 Å². The van der Waals surface area contributed by atoms with Crippen LogP contribution in [0.15, 0.2) is 16.5 Å². The van der Waals surface area contributed by atoms with Crippen LogP contribution >= 0.6 is 12.4 Å². The van der Waals surface area contributed by atoms with E-state index in [1.54, 1.807) is 19.2 Å². The van der Waals surface area contributed by atoms with Crippen molar-refractivity contribution in [3.63, 3.8) is 0 Å². The third-order valence-corrected chi connectivity index (χ3v) is 2.23. The molecule has 0 aliphatic heterocycles. The molecular formula is C11H19ClN2O3. The molecule has 5 nitrogen and oxygen atoms in total. The summed E-state index contributed by atoms with van der Waals surface area (Å²) in [5.41, 5.74) is 0. The number of halogens is 1. The van der Waals surface area contributed by atoms with Gasteiger partial charge in [0.25, 0.3) is 5.91 Å². The van der Waals surface area contributed by atoms with Crippen LogP contribution in [0.2, 0.25) is 0 Å². The minimum atomic E-state index is -0.204. The molecule has 0 aromatic carbocycles. The first-order valence-electron chi connectivity index (χ1n) is 5.20. The average molecular weight is 263 g/mol. The monoisotopic (exact) mass is 262 g/mol. The molecule has 0 aliphatic carbocycles. The molecule has 1 amide bonds. The molecule has 0 saturated carbocycles. The van der Waals surface area contributed by atoms with Crippen molar-refractivity contribution in [1.82, 2.24) is 10.6 Å². The normalized spacial score (nSPS) is 11.7. The first-order valence-corrected chi connectivity index (χ1v) is 5.20. The molecule has 1 heterocycles. The number of rotatable bonds is 6. The summed E-state index contributed by atoms with van der Waals surface area (Å²) in [6.07, 6.45) is 0. The smallest absolute Gasteiger partial charge is 0.287 e. The van der Waals surface area contributed by atoms with Crippen LogP contribution < -0.4 is 10.6 Å². The Hall–Kier alpha value is -1.04. The van der Waals surface area contributed by atoms with Crippen LogP contribution in [-0.4, -0.2) is 32.7 Å². The van der Waals surface area contributed by atoms with E-state index >= 15 is 0 Å². The summed E-state index contributed by atoms with van der Waals surface area (Å²) in [7, 11) is 3.43. The van der Waals surface area contributed by atoms with E-state index in [9.17, 15) is 4.79 Å². The number of amides is 1. The van der Waals surface area contributed by atoms with E-state index < -0.39 is 0 Å². The number of furan rings is 1. The molecule has 0 bridgehead atoms. The molecule has 0 aliphatic rings. The number of ether oxygens (including phenoxy) is 1. The topological polar surface area (TPSA) is 63.5 Å². The Kier molecular flexibility index (Phi) is 7.61. The van der Waals surface area contributed by atoms with Gasteiger partial charge in [-0.2, -0.15) is 0 Å². The second-order valence-electron chi connectivity index (χ2n) is 3.60. The molecule has 0 spiro atoms. The van der Waals surface area contributed by atoms with E-state index in [4.69, 9.17) is 9.15 Å². The third kappa shape index (κ3) is 5.21. The van der Waals surface area contributed by atoms with Gasteiger partial charge in [0.1, 0.15) is 12.4 Å². The zero-order valence-electron chi connectivity index (χ0n) is 10.3. The van der Waals surface area contributed by atoms with Crippen LogP contribution in [0.3, 0.4) is 0 Å². The number of nitrogens with one attached hydrogen (secondary N) is 2. The van der Waals surface area contributed by atoms with Gasteiger partial charge in [0.15, 0.2) is 5.76 Å². The van der Waals surface area contributed by atoms with E-state index in [1.807, 2.05) is 14.0 Å². The maximum absolute atomic E-state index is 11.6. The predicted octanol–water partition coefficient (Wildman–Crippen LogP) is 1.19. The van der Waals surface area contributed by atoms with Crippen LogP contribution in [0.25, 0.3) is 0 Å². The zero-order valence-corrected chi connectivity index (χ0v) is 11.1. The number of hydrogen-bond acceptors (Lipinski definition) is 4. The van der Waals surface area contributed by atoms with Crippen molar-refractivity contribution in [3.05, 3.63) is 23.7 Å². The predicted molar refractivity (Wildman–Crippen MR) is 67.5 cm³/mol. The molecule has 1 rings (SSSR count). The van der Waals surface area contributed by atoms with Gasteiger partial charge in [0.05, 0.1) is 0 Å². The van der Waals surface area contributed by atoms with E-state index in [1.165, 1.54) is 0 Å². The first kappa shape index (κ1) is 16.0. The van der Waals surface area contributed by atoms with Gasteiger partial charge in [-0.25, -0.2) is 0 Å². The van der Waals surface area contributed by atoms with Crippen molar-refractivity contribution in [3.8, 4) is 0 Å². The fraction of sp³-hybridized carbons (Fsp3) is 0.545. The van der Waals surface area contributed by atoms with Gasteiger partial charge in [-0.1, -0.05) is 0 Å². The highest BCUT2D eigenvalue weighted by Crippen LogP contribution is 2.08. The largest absolute Gasteiger partial charge is 0.453 e. The summed E-state index contributed by atoms with van der Waals surface area (Å²) in [5.74, 6) is 0.758. The lowest BCUT2D eigenvalue weighted by molar-refractivity contribution is 0.0914. The molecule has 1 aromatic heterocycles. The molecule has 1 unspecified atom stereocenters. The van der Waals surface area contributed by atoms with Crippen LogP contribution in [-0.2, 0) is 11.3 Å². The first-order chi connectivity index (χ1) is 7.67. The number of carbonyl (C=O) groups is 1. The van der Waals surface area contributed by atoms with Crippen LogP contribution in [0.1, 0.15) is 23.2 Å². The molecular weight excluding hydrogens is 244 g/mol. The Balaban J connectivity index is 0.00000256. The van der Waals surface area contributed by atoms with Crippen molar-refractivity contribution >= 4 is 18.3 Å². The Labute approximate surface area is 107 Å². The minimum absolute atomic E-state index is 0. The maximum atomic E-state index is 11.6. The summed E-state index contributed by atoms with van der Waals surface area (Å²) < 4.78 is 10.2. The average Bonchev–Trinajstić information content (AvgIpc) is 2.74. The van der Waals surface area contributed by atoms with Crippen LogP contribution in [0, 0.1) is 0 Å². The Morgan fingerprint density at radius 3 is 2.82 bits per heavy atom. The van der Waals surface area contributed by atoms with Crippen molar-refractivity contribution < 1.29 is 13.9 Å². The number of hydrogen-bond donors (Lipinski definition) is 2. The third-order valence-electron chi connectivity index (χ3n) is 2.23. The maximum Gasteiger partial charge on any atom is 0.287 e. The molecule has 1 aromatic rings. The number of methoxy groups -OCH3 is 1. The zero-order chi connectivity index (χ0) is 12.0.